The average molecular weight is 327 g/mol. The SMILES string of the molecule is CNC(Cc1ncc[nH]1)c1cccc(I)c1. The van der Waals surface area contributed by atoms with E-state index in [9.17, 15) is 0 Å². The van der Waals surface area contributed by atoms with Crippen molar-refractivity contribution in [1.82, 2.24) is 15.3 Å². The lowest BCUT2D eigenvalue weighted by atomic mass is 10.0. The van der Waals surface area contributed by atoms with E-state index in [0.717, 1.165) is 12.2 Å². The Balaban J connectivity index is 2.16. The van der Waals surface area contributed by atoms with Crippen molar-refractivity contribution in [3.8, 4) is 0 Å². The van der Waals surface area contributed by atoms with Gasteiger partial charge in [0.25, 0.3) is 0 Å². The molecular formula is C12H14IN3. The van der Waals surface area contributed by atoms with Gasteiger partial charge in [-0.25, -0.2) is 4.98 Å². The van der Waals surface area contributed by atoms with Gasteiger partial charge in [0, 0.05) is 28.4 Å². The highest BCUT2D eigenvalue weighted by atomic mass is 127. The first-order chi connectivity index (χ1) is 7.79. The number of benzene rings is 1. The van der Waals surface area contributed by atoms with E-state index in [1.54, 1.807) is 6.20 Å². The number of nitrogens with one attached hydrogen (secondary N) is 2. The summed E-state index contributed by atoms with van der Waals surface area (Å²) in [5.74, 6) is 1.01. The predicted molar refractivity (Wildman–Crippen MR) is 73.3 cm³/mol. The quantitative estimate of drug-likeness (QED) is 0.848. The van der Waals surface area contributed by atoms with Crippen LogP contribution in [-0.4, -0.2) is 17.0 Å². The van der Waals surface area contributed by atoms with Gasteiger partial charge in [0.2, 0.25) is 0 Å². The van der Waals surface area contributed by atoms with Gasteiger partial charge in [0.15, 0.2) is 0 Å². The number of halogens is 1. The summed E-state index contributed by atoms with van der Waals surface area (Å²) >= 11 is 2.33. The maximum Gasteiger partial charge on any atom is 0.107 e. The maximum atomic E-state index is 4.25. The van der Waals surface area contributed by atoms with Crippen LogP contribution >= 0.6 is 22.6 Å². The van der Waals surface area contributed by atoms with Crippen molar-refractivity contribution in [2.24, 2.45) is 0 Å². The Morgan fingerprint density at radius 2 is 2.38 bits per heavy atom. The molecule has 0 aliphatic carbocycles. The fraction of sp³-hybridized carbons (Fsp3) is 0.250. The molecule has 0 aliphatic rings. The summed E-state index contributed by atoms with van der Waals surface area (Å²) in [6.45, 7) is 0. The van der Waals surface area contributed by atoms with Crippen LogP contribution in [-0.2, 0) is 6.42 Å². The molecule has 1 heterocycles. The Labute approximate surface area is 109 Å². The summed E-state index contributed by atoms with van der Waals surface area (Å²) < 4.78 is 1.26. The van der Waals surface area contributed by atoms with Crippen LogP contribution in [0, 0.1) is 3.57 Å². The first kappa shape index (κ1) is 11.6. The van der Waals surface area contributed by atoms with Gasteiger partial charge < -0.3 is 10.3 Å². The van der Waals surface area contributed by atoms with E-state index in [4.69, 9.17) is 0 Å². The highest BCUT2D eigenvalue weighted by molar-refractivity contribution is 14.1. The molecule has 3 nitrogen and oxygen atoms in total. The fourth-order valence-electron chi connectivity index (χ4n) is 1.71. The van der Waals surface area contributed by atoms with E-state index >= 15 is 0 Å². The van der Waals surface area contributed by atoms with Gasteiger partial charge in [0.1, 0.15) is 5.82 Å². The molecule has 0 saturated carbocycles. The summed E-state index contributed by atoms with van der Waals surface area (Å²) in [6.07, 6.45) is 4.53. The van der Waals surface area contributed by atoms with Crippen molar-refractivity contribution in [3.05, 3.63) is 51.6 Å². The van der Waals surface area contributed by atoms with Crippen LogP contribution < -0.4 is 5.32 Å². The van der Waals surface area contributed by atoms with Crippen molar-refractivity contribution in [3.63, 3.8) is 0 Å². The summed E-state index contributed by atoms with van der Waals surface area (Å²) in [4.78, 5) is 7.39. The number of H-pyrrole nitrogens is 1. The van der Waals surface area contributed by atoms with Crippen molar-refractivity contribution in [2.45, 2.75) is 12.5 Å². The van der Waals surface area contributed by atoms with E-state index in [-0.39, 0.29) is 0 Å². The molecule has 4 heteroatoms. The Hall–Kier alpha value is -0.880. The summed E-state index contributed by atoms with van der Waals surface area (Å²) in [5.41, 5.74) is 1.30. The molecule has 0 fully saturated rings. The number of aromatic amines is 1. The van der Waals surface area contributed by atoms with Crippen molar-refractivity contribution >= 4 is 22.6 Å². The van der Waals surface area contributed by atoms with E-state index in [2.05, 4.69) is 62.1 Å². The number of rotatable bonds is 4. The first-order valence-electron chi connectivity index (χ1n) is 5.20. The second-order valence-corrected chi connectivity index (χ2v) is 4.88. The van der Waals surface area contributed by atoms with E-state index in [1.807, 2.05) is 13.2 Å². The van der Waals surface area contributed by atoms with Crippen LogP contribution in [0.4, 0.5) is 0 Å². The van der Waals surface area contributed by atoms with Crippen LogP contribution in [0.15, 0.2) is 36.7 Å². The zero-order chi connectivity index (χ0) is 11.4. The lowest BCUT2D eigenvalue weighted by molar-refractivity contribution is 0.578. The smallest absolute Gasteiger partial charge is 0.107 e. The van der Waals surface area contributed by atoms with Crippen molar-refractivity contribution in [1.29, 1.82) is 0 Å². The van der Waals surface area contributed by atoms with Crippen molar-refractivity contribution in [2.75, 3.05) is 7.05 Å². The summed E-state index contributed by atoms with van der Waals surface area (Å²) in [6, 6.07) is 8.84. The Morgan fingerprint density at radius 3 is 3.00 bits per heavy atom. The molecule has 2 aromatic rings. The Morgan fingerprint density at radius 1 is 1.50 bits per heavy atom. The molecule has 2 rings (SSSR count). The molecule has 1 aromatic carbocycles. The third kappa shape index (κ3) is 2.82. The van der Waals surface area contributed by atoms with Gasteiger partial charge in [-0.1, -0.05) is 12.1 Å². The number of nitrogens with zero attached hydrogens (tertiary/aromatic N) is 1. The molecule has 0 saturated heterocycles. The Kier molecular flexibility index (Phi) is 3.95. The lowest BCUT2D eigenvalue weighted by Crippen LogP contribution is -2.19. The normalized spacial score (nSPS) is 12.6. The monoisotopic (exact) mass is 327 g/mol. The largest absolute Gasteiger partial charge is 0.349 e. The number of likely N-dealkylation sites (N-methyl/N-ethyl adjacent to an activating group) is 1. The molecule has 0 spiro atoms. The van der Waals surface area contributed by atoms with Crippen LogP contribution in [0.25, 0.3) is 0 Å². The van der Waals surface area contributed by atoms with E-state index < -0.39 is 0 Å². The molecule has 16 heavy (non-hydrogen) atoms. The molecule has 0 aliphatic heterocycles. The van der Waals surface area contributed by atoms with Gasteiger partial charge in [0.05, 0.1) is 0 Å². The second kappa shape index (κ2) is 5.45. The molecular weight excluding hydrogens is 313 g/mol. The van der Waals surface area contributed by atoms with Gasteiger partial charge in [-0.15, -0.1) is 0 Å². The average Bonchev–Trinajstić information content (AvgIpc) is 2.78. The van der Waals surface area contributed by atoms with Crippen LogP contribution in [0.3, 0.4) is 0 Å². The van der Waals surface area contributed by atoms with Crippen LogP contribution in [0.1, 0.15) is 17.4 Å². The van der Waals surface area contributed by atoms with Crippen molar-refractivity contribution < 1.29 is 0 Å². The van der Waals surface area contributed by atoms with E-state index in [1.165, 1.54) is 9.13 Å². The minimum Gasteiger partial charge on any atom is -0.349 e. The van der Waals surface area contributed by atoms with Gasteiger partial charge in [-0.3, -0.25) is 0 Å². The van der Waals surface area contributed by atoms with Crippen LogP contribution in [0.2, 0.25) is 0 Å². The molecule has 1 unspecified atom stereocenters. The van der Waals surface area contributed by atoms with E-state index in [0.29, 0.717) is 6.04 Å². The molecule has 0 amide bonds. The van der Waals surface area contributed by atoms with Gasteiger partial charge >= 0.3 is 0 Å². The zero-order valence-corrected chi connectivity index (χ0v) is 11.2. The van der Waals surface area contributed by atoms with Gasteiger partial charge in [-0.2, -0.15) is 0 Å². The number of hydrogen-bond donors (Lipinski definition) is 2. The molecule has 84 valence electrons. The molecule has 1 aromatic heterocycles. The molecule has 1 atom stereocenters. The Bertz CT molecular complexity index is 439. The molecule has 0 radical (unpaired) electrons. The number of aromatic nitrogens is 2. The second-order valence-electron chi connectivity index (χ2n) is 3.64. The number of hydrogen-bond acceptors (Lipinski definition) is 2. The topological polar surface area (TPSA) is 40.7 Å². The number of imidazole rings is 1. The minimum absolute atomic E-state index is 0.306. The van der Waals surface area contributed by atoms with Crippen LogP contribution in [0.5, 0.6) is 0 Å². The van der Waals surface area contributed by atoms with Gasteiger partial charge in [-0.05, 0) is 47.3 Å². The molecule has 2 N–H and O–H groups in total. The highest BCUT2D eigenvalue weighted by Crippen LogP contribution is 2.18. The fourth-order valence-corrected chi connectivity index (χ4v) is 2.28. The standard InChI is InChI=1S/C12H14IN3/c1-14-11(8-12-15-5-6-16-12)9-3-2-4-10(13)7-9/h2-7,11,14H,8H2,1H3,(H,15,16). The zero-order valence-electron chi connectivity index (χ0n) is 9.07. The highest BCUT2D eigenvalue weighted by Gasteiger charge is 2.11. The lowest BCUT2D eigenvalue weighted by Gasteiger charge is -2.15. The molecule has 0 bridgehead atoms. The first-order valence-corrected chi connectivity index (χ1v) is 6.28. The summed E-state index contributed by atoms with van der Waals surface area (Å²) in [5, 5.41) is 3.32. The summed E-state index contributed by atoms with van der Waals surface area (Å²) in [7, 11) is 1.98. The third-order valence-electron chi connectivity index (χ3n) is 2.55. The predicted octanol–water partition coefficient (Wildman–Crippen LogP) is 2.52. The maximum absolute atomic E-state index is 4.25. The third-order valence-corrected chi connectivity index (χ3v) is 3.22. The minimum atomic E-state index is 0.306.